The van der Waals surface area contributed by atoms with Crippen molar-refractivity contribution in [1.82, 2.24) is 5.32 Å². The molecule has 2 heteroatoms. The fraction of sp³-hybridized carbons (Fsp3) is 0.647. The number of rotatable bonds is 8. The molecular formula is C17H30N2. The first-order chi connectivity index (χ1) is 9.03. The van der Waals surface area contributed by atoms with Crippen LogP contribution in [-0.2, 0) is 0 Å². The maximum Gasteiger partial charge on any atom is 0.0366 e. The van der Waals surface area contributed by atoms with E-state index in [0.29, 0.717) is 0 Å². The molecule has 0 spiro atoms. The van der Waals surface area contributed by atoms with Crippen molar-refractivity contribution in [2.45, 2.75) is 52.5 Å². The zero-order valence-corrected chi connectivity index (χ0v) is 13.1. The van der Waals surface area contributed by atoms with Gasteiger partial charge in [-0.15, -0.1) is 0 Å². The van der Waals surface area contributed by atoms with Gasteiger partial charge in [0, 0.05) is 24.3 Å². The molecule has 0 saturated carbocycles. The maximum absolute atomic E-state index is 3.54. The van der Waals surface area contributed by atoms with Gasteiger partial charge in [-0.1, -0.05) is 24.6 Å². The van der Waals surface area contributed by atoms with E-state index >= 15 is 0 Å². The molecule has 0 bridgehead atoms. The number of unbranched alkanes of at least 4 members (excludes halogenated alkanes) is 2. The second-order valence-corrected chi connectivity index (χ2v) is 6.15. The Balaban J connectivity index is 2.17. The molecule has 0 amide bonds. The molecule has 2 nitrogen and oxygen atoms in total. The minimum Gasteiger partial charge on any atom is -0.372 e. The van der Waals surface area contributed by atoms with Crippen molar-refractivity contribution in [2.75, 3.05) is 24.5 Å². The fourth-order valence-electron chi connectivity index (χ4n) is 2.18. The van der Waals surface area contributed by atoms with Crippen LogP contribution in [0, 0.1) is 0 Å². The number of nitrogens with zero attached hydrogens (tertiary/aromatic N) is 1. The van der Waals surface area contributed by atoms with E-state index in [-0.39, 0.29) is 5.54 Å². The summed E-state index contributed by atoms with van der Waals surface area (Å²) in [6.07, 6.45) is 3.84. The van der Waals surface area contributed by atoms with Gasteiger partial charge in [0.2, 0.25) is 0 Å². The summed E-state index contributed by atoms with van der Waals surface area (Å²) in [6, 6.07) is 10.7. The van der Waals surface area contributed by atoms with Crippen molar-refractivity contribution in [3.05, 3.63) is 30.3 Å². The SMILES string of the molecule is CCN(CCCCCNC(C)(C)C)c1ccccc1. The molecule has 0 aliphatic rings. The van der Waals surface area contributed by atoms with Gasteiger partial charge in [-0.3, -0.25) is 0 Å². The Morgan fingerprint density at radius 1 is 1.00 bits per heavy atom. The lowest BCUT2D eigenvalue weighted by molar-refractivity contribution is 0.417. The maximum atomic E-state index is 3.54. The standard InChI is InChI=1S/C17H30N2/c1-5-19(16-12-8-6-9-13-16)15-11-7-10-14-18-17(2,3)4/h6,8-9,12-13,18H,5,7,10-11,14-15H2,1-4H3. The second-order valence-electron chi connectivity index (χ2n) is 6.15. The molecule has 0 fully saturated rings. The van der Waals surface area contributed by atoms with E-state index in [0.717, 1.165) is 19.6 Å². The van der Waals surface area contributed by atoms with Gasteiger partial charge in [-0.2, -0.15) is 0 Å². The summed E-state index contributed by atoms with van der Waals surface area (Å²) in [5, 5.41) is 3.54. The van der Waals surface area contributed by atoms with Gasteiger partial charge >= 0.3 is 0 Å². The van der Waals surface area contributed by atoms with E-state index in [2.05, 4.69) is 68.2 Å². The molecule has 0 aromatic heterocycles. The first-order valence-electron chi connectivity index (χ1n) is 7.58. The van der Waals surface area contributed by atoms with Gasteiger partial charge in [0.1, 0.15) is 0 Å². The Kier molecular flexibility index (Phi) is 6.93. The van der Waals surface area contributed by atoms with E-state index in [4.69, 9.17) is 0 Å². The summed E-state index contributed by atoms with van der Waals surface area (Å²) in [4.78, 5) is 2.46. The molecule has 0 unspecified atom stereocenters. The minimum atomic E-state index is 0.249. The Labute approximate surface area is 119 Å². The molecule has 1 aromatic carbocycles. The number of anilines is 1. The predicted molar refractivity (Wildman–Crippen MR) is 85.9 cm³/mol. The third-order valence-electron chi connectivity index (χ3n) is 3.26. The molecule has 1 N–H and O–H groups in total. The van der Waals surface area contributed by atoms with Crippen LogP contribution in [0.2, 0.25) is 0 Å². The Bertz CT molecular complexity index is 327. The fourth-order valence-corrected chi connectivity index (χ4v) is 2.18. The second kappa shape index (κ2) is 8.21. The van der Waals surface area contributed by atoms with E-state index in [1.807, 2.05) is 0 Å². The molecule has 0 heterocycles. The lowest BCUT2D eigenvalue weighted by Crippen LogP contribution is -2.36. The van der Waals surface area contributed by atoms with E-state index in [9.17, 15) is 0 Å². The van der Waals surface area contributed by atoms with Gasteiger partial charge in [0.05, 0.1) is 0 Å². The number of hydrogen-bond acceptors (Lipinski definition) is 2. The van der Waals surface area contributed by atoms with Crippen LogP contribution in [0.25, 0.3) is 0 Å². The summed E-state index contributed by atoms with van der Waals surface area (Å²) in [5.74, 6) is 0. The number of nitrogens with one attached hydrogen (secondary N) is 1. The molecule has 0 atom stereocenters. The lowest BCUT2D eigenvalue weighted by Gasteiger charge is -2.23. The number of hydrogen-bond donors (Lipinski definition) is 1. The van der Waals surface area contributed by atoms with Crippen LogP contribution in [-0.4, -0.2) is 25.2 Å². The van der Waals surface area contributed by atoms with Crippen LogP contribution in [0.5, 0.6) is 0 Å². The van der Waals surface area contributed by atoms with Crippen LogP contribution in [0.3, 0.4) is 0 Å². The average molecular weight is 262 g/mol. The average Bonchev–Trinajstić information content (AvgIpc) is 2.38. The monoisotopic (exact) mass is 262 g/mol. The summed E-state index contributed by atoms with van der Waals surface area (Å²) in [6.45, 7) is 12.3. The topological polar surface area (TPSA) is 15.3 Å². The molecule has 1 rings (SSSR count). The third-order valence-corrected chi connectivity index (χ3v) is 3.26. The van der Waals surface area contributed by atoms with Crippen LogP contribution in [0.15, 0.2) is 30.3 Å². The van der Waals surface area contributed by atoms with Crippen LogP contribution in [0.1, 0.15) is 47.0 Å². The lowest BCUT2D eigenvalue weighted by atomic mass is 10.1. The molecule has 108 valence electrons. The summed E-state index contributed by atoms with van der Waals surface area (Å²) in [7, 11) is 0. The van der Waals surface area contributed by atoms with Crippen LogP contribution >= 0.6 is 0 Å². The van der Waals surface area contributed by atoms with Crippen molar-refractivity contribution in [3.63, 3.8) is 0 Å². The highest BCUT2D eigenvalue weighted by molar-refractivity contribution is 5.45. The first kappa shape index (κ1) is 16.0. The van der Waals surface area contributed by atoms with Crippen molar-refractivity contribution in [3.8, 4) is 0 Å². The highest BCUT2D eigenvalue weighted by Gasteiger charge is 2.07. The molecule has 0 aliphatic heterocycles. The predicted octanol–water partition coefficient (Wildman–Crippen LogP) is 4.07. The number of para-hydroxylation sites is 1. The first-order valence-corrected chi connectivity index (χ1v) is 7.58. The van der Waals surface area contributed by atoms with Gasteiger partial charge in [0.25, 0.3) is 0 Å². The van der Waals surface area contributed by atoms with Crippen molar-refractivity contribution in [2.24, 2.45) is 0 Å². The Hall–Kier alpha value is -1.02. The van der Waals surface area contributed by atoms with Gasteiger partial charge < -0.3 is 10.2 Å². The van der Waals surface area contributed by atoms with Crippen molar-refractivity contribution < 1.29 is 0 Å². The minimum absolute atomic E-state index is 0.249. The van der Waals surface area contributed by atoms with Crippen molar-refractivity contribution in [1.29, 1.82) is 0 Å². The molecule has 0 aliphatic carbocycles. The van der Waals surface area contributed by atoms with Gasteiger partial charge in [-0.05, 0) is 59.2 Å². The van der Waals surface area contributed by atoms with E-state index in [1.165, 1.54) is 24.9 Å². The molecule has 19 heavy (non-hydrogen) atoms. The van der Waals surface area contributed by atoms with Gasteiger partial charge in [0.15, 0.2) is 0 Å². The quantitative estimate of drug-likeness (QED) is 0.710. The largest absolute Gasteiger partial charge is 0.372 e. The zero-order valence-electron chi connectivity index (χ0n) is 13.1. The summed E-state index contributed by atoms with van der Waals surface area (Å²) < 4.78 is 0. The zero-order chi connectivity index (χ0) is 14.1. The smallest absolute Gasteiger partial charge is 0.0366 e. The molecular weight excluding hydrogens is 232 g/mol. The molecule has 0 radical (unpaired) electrons. The van der Waals surface area contributed by atoms with E-state index < -0.39 is 0 Å². The highest BCUT2D eigenvalue weighted by atomic mass is 15.1. The Morgan fingerprint density at radius 3 is 2.26 bits per heavy atom. The van der Waals surface area contributed by atoms with Crippen molar-refractivity contribution >= 4 is 5.69 Å². The third kappa shape index (κ3) is 7.22. The van der Waals surface area contributed by atoms with Crippen LogP contribution in [0.4, 0.5) is 5.69 Å². The Morgan fingerprint density at radius 2 is 1.68 bits per heavy atom. The van der Waals surface area contributed by atoms with Crippen LogP contribution < -0.4 is 10.2 Å². The summed E-state index contributed by atoms with van der Waals surface area (Å²) in [5.41, 5.74) is 1.59. The summed E-state index contributed by atoms with van der Waals surface area (Å²) >= 11 is 0. The normalized spacial score (nSPS) is 11.6. The van der Waals surface area contributed by atoms with Gasteiger partial charge in [-0.25, -0.2) is 0 Å². The number of benzene rings is 1. The highest BCUT2D eigenvalue weighted by Crippen LogP contribution is 2.13. The van der Waals surface area contributed by atoms with E-state index in [1.54, 1.807) is 0 Å². The molecule has 0 saturated heterocycles. The molecule has 1 aromatic rings.